The summed E-state index contributed by atoms with van der Waals surface area (Å²) in [5.74, 6) is -2.08. The first-order chi connectivity index (χ1) is 9.93. The van der Waals surface area contributed by atoms with Crippen LogP contribution in [0.4, 0.5) is 10.1 Å². The number of hydrogen-bond donors (Lipinski definition) is 1. The van der Waals surface area contributed by atoms with Gasteiger partial charge in [-0.15, -0.1) is 0 Å². The predicted octanol–water partition coefficient (Wildman–Crippen LogP) is 2.68. The molecule has 0 radical (unpaired) electrons. The summed E-state index contributed by atoms with van der Waals surface area (Å²) in [6, 6.07) is 7.02. The van der Waals surface area contributed by atoms with E-state index in [9.17, 15) is 24.4 Å². The minimum absolute atomic E-state index is 0.0389. The number of phenolic OH excluding ortho intramolecular Hbond substituents is 1. The zero-order chi connectivity index (χ0) is 15.6. The van der Waals surface area contributed by atoms with Crippen LogP contribution < -0.4 is 4.74 Å². The van der Waals surface area contributed by atoms with Crippen molar-refractivity contribution in [3.05, 3.63) is 63.5 Å². The molecule has 0 bridgehead atoms. The molecule has 0 fully saturated rings. The van der Waals surface area contributed by atoms with Crippen molar-refractivity contribution in [3.8, 4) is 11.5 Å². The van der Waals surface area contributed by atoms with Gasteiger partial charge in [-0.2, -0.15) is 0 Å². The average Bonchev–Trinajstić information content (AvgIpc) is 2.46. The number of methoxy groups -OCH3 is 1. The summed E-state index contributed by atoms with van der Waals surface area (Å²) in [6.07, 6.45) is 0. The topological polar surface area (TPSA) is 89.7 Å². The van der Waals surface area contributed by atoms with Gasteiger partial charge in [0, 0.05) is 17.2 Å². The van der Waals surface area contributed by atoms with E-state index in [0.717, 1.165) is 18.2 Å². The molecule has 0 aromatic heterocycles. The summed E-state index contributed by atoms with van der Waals surface area (Å²) in [6.45, 7) is 0. The Hall–Kier alpha value is -2.96. The second-order valence-electron chi connectivity index (χ2n) is 4.14. The molecule has 6 nitrogen and oxygen atoms in total. The van der Waals surface area contributed by atoms with E-state index in [1.54, 1.807) is 0 Å². The number of hydrogen-bond acceptors (Lipinski definition) is 5. The average molecular weight is 291 g/mol. The molecule has 0 spiro atoms. The molecular formula is C14H10FNO5. The lowest BCUT2D eigenvalue weighted by atomic mass is 10.0. The number of carbonyl (C=O) groups is 1. The van der Waals surface area contributed by atoms with E-state index in [1.807, 2.05) is 0 Å². The second-order valence-corrected chi connectivity index (χ2v) is 4.14. The zero-order valence-electron chi connectivity index (χ0n) is 10.9. The quantitative estimate of drug-likeness (QED) is 0.531. The summed E-state index contributed by atoms with van der Waals surface area (Å²) >= 11 is 0. The molecule has 0 amide bonds. The van der Waals surface area contributed by atoms with Gasteiger partial charge < -0.3 is 9.84 Å². The standard InChI is InChI=1S/C14H10FNO5/c1-21-12-7-9(6-11(14(12)18)16(19)20)13(17)8-3-2-4-10(15)5-8/h2-7,18H,1H3. The Bertz CT molecular complexity index is 729. The molecule has 0 unspecified atom stereocenters. The number of benzene rings is 2. The van der Waals surface area contributed by atoms with Crippen molar-refractivity contribution in [1.29, 1.82) is 0 Å². The van der Waals surface area contributed by atoms with E-state index in [0.29, 0.717) is 0 Å². The van der Waals surface area contributed by atoms with Gasteiger partial charge in [0.25, 0.3) is 0 Å². The summed E-state index contributed by atoms with van der Waals surface area (Å²) in [5, 5.41) is 20.5. The van der Waals surface area contributed by atoms with Crippen molar-refractivity contribution in [2.24, 2.45) is 0 Å². The molecule has 0 saturated heterocycles. The van der Waals surface area contributed by atoms with Gasteiger partial charge >= 0.3 is 5.69 Å². The first kappa shape index (κ1) is 14.4. The van der Waals surface area contributed by atoms with E-state index >= 15 is 0 Å². The van der Waals surface area contributed by atoms with E-state index in [-0.39, 0.29) is 16.9 Å². The monoisotopic (exact) mass is 291 g/mol. The number of nitro groups is 1. The highest BCUT2D eigenvalue weighted by Gasteiger charge is 2.23. The normalized spacial score (nSPS) is 10.2. The fourth-order valence-corrected chi connectivity index (χ4v) is 1.82. The first-order valence-electron chi connectivity index (χ1n) is 5.79. The van der Waals surface area contributed by atoms with E-state index in [4.69, 9.17) is 4.74 Å². The number of aromatic hydroxyl groups is 1. The number of rotatable bonds is 4. The van der Waals surface area contributed by atoms with E-state index < -0.39 is 28.0 Å². The molecule has 0 aliphatic heterocycles. The molecule has 0 aliphatic carbocycles. The number of halogens is 1. The number of ketones is 1. The molecule has 0 aliphatic rings. The highest BCUT2D eigenvalue weighted by atomic mass is 19.1. The van der Waals surface area contributed by atoms with E-state index in [2.05, 4.69) is 0 Å². The number of nitro benzene ring substituents is 1. The van der Waals surface area contributed by atoms with Gasteiger partial charge in [-0.1, -0.05) is 12.1 Å². The van der Waals surface area contributed by atoms with Crippen molar-refractivity contribution >= 4 is 11.5 Å². The van der Waals surface area contributed by atoms with Crippen molar-refractivity contribution in [2.75, 3.05) is 7.11 Å². The van der Waals surface area contributed by atoms with Crippen LogP contribution in [0.1, 0.15) is 15.9 Å². The minimum Gasteiger partial charge on any atom is -0.500 e. The maximum atomic E-state index is 13.1. The molecule has 0 saturated carbocycles. The van der Waals surface area contributed by atoms with Gasteiger partial charge in [0.05, 0.1) is 12.0 Å². The van der Waals surface area contributed by atoms with Crippen LogP contribution >= 0.6 is 0 Å². The molecule has 1 N–H and O–H groups in total. The molecule has 0 heterocycles. The lowest BCUT2D eigenvalue weighted by molar-refractivity contribution is -0.386. The van der Waals surface area contributed by atoms with Crippen LogP contribution in [0.25, 0.3) is 0 Å². The first-order valence-corrected chi connectivity index (χ1v) is 5.79. The number of nitrogens with zero attached hydrogens (tertiary/aromatic N) is 1. The van der Waals surface area contributed by atoms with Gasteiger partial charge in [-0.05, 0) is 18.2 Å². The third-order valence-corrected chi connectivity index (χ3v) is 2.82. The lowest BCUT2D eigenvalue weighted by Gasteiger charge is -2.07. The summed E-state index contributed by atoms with van der Waals surface area (Å²) in [5.41, 5.74) is -0.701. The fourth-order valence-electron chi connectivity index (χ4n) is 1.82. The Morgan fingerprint density at radius 2 is 2.00 bits per heavy atom. The Morgan fingerprint density at radius 1 is 1.29 bits per heavy atom. The van der Waals surface area contributed by atoms with Crippen LogP contribution in [0.2, 0.25) is 0 Å². The second kappa shape index (κ2) is 5.58. The number of ether oxygens (including phenoxy) is 1. The highest BCUT2D eigenvalue weighted by Crippen LogP contribution is 2.37. The van der Waals surface area contributed by atoms with Crippen LogP contribution in [0, 0.1) is 15.9 Å². The Labute approximate surface area is 118 Å². The molecular weight excluding hydrogens is 281 g/mol. The largest absolute Gasteiger partial charge is 0.500 e. The predicted molar refractivity (Wildman–Crippen MR) is 71.1 cm³/mol. The molecule has 2 aromatic rings. The molecule has 0 atom stereocenters. The lowest BCUT2D eigenvalue weighted by Crippen LogP contribution is -2.04. The number of carbonyl (C=O) groups excluding carboxylic acids is 1. The van der Waals surface area contributed by atoms with Crippen molar-refractivity contribution in [2.45, 2.75) is 0 Å². The SMILES string of the molecule is COc1cc(C(=O)c2cccc(F)c2)cc([N+](=O)[O-])c1O. The molecule has 108 valence electrons. The maximum absolute atomic E-state index is 13.1. The minimum atomic E-state index is -0.833. The summed E-state index contributed by atoms with van der Waals surface area (Å²) < 4.78 is 17.9. The Morgan fingerprint density at radius 3 is 2.57 bits per heavy atom. The Balaban J connectivity index is 2.56. The zero-order valence-corrected chi connectivity index (χ0v) is 10.9. The smallest absolute Gasteiger partial charge is 0.315 e. The van der Waals surface area contributed by atoms with Crippen LogP contribution in [-0.4, -0.2) is 22.9 Å². The Kier molecular flexibility index (Phi) is 3.84. The van der Waals surface area contributed by atoms with Crippen molar-refractivity contribution in [1.82, 2.24) is 0 Å². The fraction of sp³-hybridized carbons (Fsp3) is 0.0714. The van der Waals surface area contributed by atoms with Gasteiger partial charge in [0.1, 0.15) is 5.82 Å². The van der Waals surface area contributed by atoms with Gasteiger partial charge in [-0.3, -0.25) is 14.9 Å². The van der Waals surface area contributed by atoms with Crippen LogP contribution in [0.15, 0.2) is 36.4 Å². The molecule has 2 rings (SSSR count). The van der Waals surface area contributed by atoms with Crippen LogP contribution in [0.3, 0.4) is 0 Å². The summed E-state index contributed by atoms with van der Waals surface area (Å²) in [4.78, 5) is 22.3. The van der Waals surface area contributed by atoms with Crippen molar-refractivity contribution in [3.63, 3.8) is 0 Å². The molecule has 7 heteroatoms. The molecule has 21 heavy (non-hydrogen) atoms. The van der Waals surface area contributed by atoms with Crippen molar-refractivity contribution < 1.29 is 24.0 Å². The van der Waals surface area contributed by atoms with E-state index in [1.165, 1.54) is 25.3 Å². The van der Waals surface area contributed by atoms with Gasteiger partial charge in [0.15, 0.2) is 11.5 Å². The number of phenols is 1. The van der Waals surface area contributed by atoms with Crippen LogP contribution in [-0.2, 0) is 0 Å². The van der Waals surface area contributed by atoms with Gasteiger partial charge in [0.2, 0.25) is 5.75 Å². The summed E-state index contributed by atoms with van der Waals surface area (Å²) in [7, 11) is 1.20. The van der Waals surface area contributed by atoms with Crippen LogP contribution in [0.5, 0.6) is 11.5 Å². The molecule has 2 aromatic carbocycles. The highest BCUT2D eigenvalue weighted by molar-refractivity contribution is 6.09. The van der Waals surface area contributed by atoms with Gasteiger partial charge in [-0.25, -0.2) is 4.39 Å². The third-order valence-electron chi connectivity index (χ3n) is 2.82. The third kappa shape index (κ3) is 2.81. The maximum Gasteiger partial charge on any atom is 0.315 e.